The lowest BCUT2D eigenvalue weighted by Gasteiger charge is -2.19. The summed E-state index contributed by atoms with van der Waals surface area (Å²) in [6.07, 6.45) is 0.381. The highest BCUT2D eigenvalue weighted by Gasteiger charge is 2.08. The zero-order chi connectivity index (χ0) is 15.1. The Morgan fingerprint density at radius 2 is 1.68 bits per heavy atom. The van der Waals surface area contributed by atoms with Gasteiger partial charge in [0.2, 0.25) is 5.91 Å². The number of carbonyl (C=O) groups is 1. The van der Waals surface area contributed by atoms with Crippen LogP contribution in [0.2, 0.25) is 0 Å². The minimum Gasteiger partial charge on any atom is -0.338 e. The predicted octanol–water partition coefficient (Wildman–Crippen LogP) is 4.00. The van der Waals surface area contributed by atoms with Crippen LogP contribution in [0, 0.1) is 11.3 Å². The van der Waals surface area contributed by atoms with Gasteiger partial charge in [-0.1, -0.05) is 58.0 Å². The average molecular weight is 262 g/mol. The Hall–Kier alpha value is -1.82. The van der Waals surface area contributed by atoms with E-state index in [9.17, 15) is 4.79 Å². The lowest BCUT2D eigenvalue weighted by atomic mass is 10.2. The third kappa shape index (κ3) is 9.84. The number of carbonyl (C=O) groups excluding carboxylic acids is 1. The van der Waals surface area contributed by atoms with Crippen molar-refractivity contribution in [2.75, 3.05) is 6.54 Å². The Bertz CT molecular complexity index is 355. The Balaban J connectivity index is 0. The molecule has 3 heteroatoms. The van der Waals surface area contributed by atoms with E-state index in [0.29, 0.717) is 19.5 Å². The number of amides is 1. The van der Waals surface area contributed by atoms with Crippen LogP contribution in [0.4, 0.5) is 0 Å². The van der Waals surface area contributed by atoms with Gasteiger partial charge in [0.1, 0.15) is 0 Å². The molecule has 0 heterocycles. The average Bonchev–Trinajstić information content (AvgIpc) is 2.48. The molecule has 0 fully saturated rings. The monoisotopic (exact) mass is 262 g/mol. The number of nitriles is 1. The maximum absolute atomic E-state index is 11.3. The molecule has 106 valence electrons. The molecule has 3 nitrogen and oxygen atoms in total. The fourth-order valence-corrected chi connectivity index (χ4v) is 1.34. The highest BCUT2D eigenvalue weighted by molar-refractivity contribution is 5.73. The molecule has 0 aliphatic carbocycles. The van der Waals surface area contributed by atoms with Crippen molar-refractivity contribution in [3.63, 3.8) is 0 Å². The molecular weight excluding hydrogens is 236 g/mol. The third-order valence-electron chi connectivity index (χ3n) is 2.16. The van der Waals surface area contributed by atoms with E-state index in [2.05, 4.69) is 0 Å². The number of rotatable bonds is 4. The summed E-state index contributed by atoms with van der Waals surface area (Å²) in [5.41, 5.74) is 1.09. The van der Waals surface area contributed by atoms with Gasteiger partial charge in [0.25, 0.3) is 0 Å². The van der Waals surface area contributed by atoms with Crippen LogP contribution < -0.4 is 0 Å². The predicted molar refractivity (Wildman–Crippen MR) is 80.5 cm³/mol. The normalized spacial score (nSPS) is 8.00. The topological polar surface area (TPSA) is 44.1 Å². The van der Waals surface area contributed by atoms with Crippen LogP contribution in [0.3, 0.4) is 0 Å². The van der Waals surface area contributed by atoms with Gasteiger partial charge in [0, 0.05) is 20.0 Å². The highest BCUT2D eigenvalue weighted by Crippen LogP contribution is 2.05. The van der Waals surface area contributed by atoms with Crippen molar-refractivity contribution >= 4 is 5.91 Å². The van der Waals surface area contributed by atoms with E-state index in [0.717, 1.165) is 5.56 Å². The van der Waals surface area contributed by atoms with Crippen molar-refractivity contribution < 1.29 is 4.79 Å². The van der Waals surface area contributed by atoms with Crippen LogP contribution in [-0.2, 0) is 11.3 Å². The first-order valence-corrected chi connectivity index (χ1v) is 6.90. The molecule has 0 bridgehead atoms. The molecule has 1 aromatic carbocycles. The summed E-state index contributed by atoms with van der Waals surface area (Å²) >= 11 is 0. The minimum absolute atomic E-state index is 0.00843. The summed E-state index contributed by atoms with van der Waals surface area (Å²) in [5, 5.41) is 8.48. The second kappa shape index (κ2) is 14.2. The lowest BCUT2D eigenvalue weighted by Crippen LogP contribution is -2.28. The van der Waals surface area contributed by atoms with E-state index in [4.69, 9.17) is 5.26 Å². The highest BCUT2D eigenvalue weighted by atomic mass is 16.2. The first-order chi connectivity index (χ1) is 9.24. The maximum Gasteiger partial charge on any atom is 0.219 e. The van der Waals surface area contributed by atoms with Crippen LogP contribution in [-0.4, -0.2) is 17.4 Å². The molecule has 0 aliphatic heterocycles. The zero-order valence-corrected chi connectivity index (χ0v) is 12.8. The molecule has 1 aromatic rings. The maximum atomic E-state index is 11.3. The third-order valence-corrected chi connectivity index (χ3v) is 2.16. The van der Waals surface area contributed by atoms with E-state index in [1.54, 1.807) is 4.90 Å². The molecule has 0 unspecified atom stereocenters. The van der Waals surface area contributed by atoms with Gasteiger partial charge in [-0.2, -0.15) is 5.26 Å². The summed E-state index contributed by atoms with van der Waals surface area (Å²) < 4.78 is 0. The summed E-state index contributed by atoms with van der Waals surface area (Å²) in [5.74, 6) is 0.00843. The van der Waals surface area contributed by atoms with Crippen LogP contribution in [0.15, 0.2) is 30.3 Å². The van der Waals surface area contributed by atoms with Gasteiger partial charge in [-0.15, -0.1) is 0 Å². The molecule has 1 amide bonds. The first kappa shape index (κ1) is 19.5. The summed E-state index contributed by atoms with van der Waals surface area (Å²) in [7, 11) is 0. The van der Waals surface area contributed by atoms with Gasteiger partial charge in [-0.25, -0.2) is 0 Å². The number of benzene rings is 1. The molecule has 0 aromatic heterocycles. The van der Waals surface area contributed by atoms with Crippen LogP contribution in [0.25, 0.3) is 0 Å². The quantitative estimate of drug-likeness (QED) is 0.823. The second-order valence-corrected chi connectivity index (χ2v) is 3.33. The van der Waals surface area contributed by atoms with Gasteiger partial charge in [-0.05, 0) is 5.56 Å². The number of nitrogens with zero attached hydrogens (tertiary/aromatic N) is 2. The van der Waals surface area contributed by atoms with Gasteiger partial charge in [0.05, 0.1) is 12.5 Å². The molecule has 19 heavy (non-hydrogen) atoms. The zero-order valence-electron chi connectivity index (χ0n) is 12.8. The minimum atomic E-state index is 0.00843. The summed E-state index contributed by atoms with van der Waals surface area (Å²) in [6, 6.07) is 11.8. The van der Waals surface area contributed by atoms with Crippen molar-refractivity contribution in [3.05, 3.63) is 35.9 Å². The van der Waals surface area contributed by atoms with Gasteiger partial charge < -0.3 is 4.90 Å². The Morgan fingerprint density at radius 3 is 2.11 bits per heavy atom. The summed E-state index contributed by atoms with van der Waals surface area (Å²) in [6.45, 7) is 10.6. The SMILES string of the molecule is CC.CC.CC(=O)N(CCC#N)Cc1ccccc1. The largest absolute Gasteiger partial charge is 0.338 e. The van der Waals surface area contributed by atoms with Crippen LogP contribution in [0.5, 0.6) is 0 Å². The first-order valence-electron chi connectivity index (χ1n) is 6.90. The number of hydrogen-bond donors (Lipinski definition) is 0. The smallest absolute Gasteiger partial charge is 0.219 e. The summed E-state index contributed by atoms with van der Waals surface area (Å²) in [4.78, 5) is 12.9. The van der Waals surface area contributed by atoms with E-state index in [1.807, 2.05) is 64.1 Å². The molecule has 0 saturated heterocycles. The van der Waals surface area contributed by atoms with Crippen molar-refractivity contribution in [1.82, 2.24) is 4.90 Å². The Labute approximate surface area is 117 Å². The van der Waals surface area contributed by atoms with E-state index < -0.39 is 0 Å². The van der Waals surface area contributed by atoms with E-state index >= 15 is 0 Å². The van der Waals surface area contributed by atoms with Crippen molar-refractivity contribution in [1.29, 1.82) is 5.26 Å². The van der Waals surface area contributed by atoms with E-state index in [-0.39, 0.29) is 5.91 Å². The number of hydrogen-bond acceptors (Lipinski definition) is 2. The lowest BCUT2D eigenvalue weighted by molar-refractivity contribution is -0.129. The molecule has 0 radical (unpaired) electrons. The molecular formula is C16H26N2O. The van der Waals surface area contributed by atoms with Crippen LogP contribution in [0.1, 0.15) is 46.6 Å². The molecule has 0 saturated carbocycles. The standard InChI is InChI=1S/C12H14N2O.2C2H6/c1-11(15)14(9-5-8-13)10-12-6-3-2-4-7-12;2*1-2/h2-4,6-7H,5,9-10H2,1H3;2*1-2H3. The van der Waals surface area contributed by atoms with Gasteiger partial charge in [-0.3, -0.25) is 4.79 Å². The Kier molecular flexibility index (Phi) is 14.6. The van der Waals surface area contributed by atoms with E-state index in [1.165, 1.54) is 6.92 Å². The molecule has 1 rings (SSSR count). The second-order valence-electron chi connectivity index (χ2n) is 3.33. The van der Waals surface area contributed by atoms with Crippen molar-refractivity contribution in [3.8, 4) is 6.07 Å². The molecule has 0 N–H and O–H groups in total. The molecule has 0 aliphatic rings. The van der Waals surface area contributed by atoms with Crippen molar-refractivity contribution in [2.24, 2.45) is 0 Å². The van der Waals surface area contributed by atoms with Gasteiger partial charge >= 0.3 is 0 Å². The fraction of sp³-hybridized carbons (Fsp3) is 0.500. The van der Waals surface area contributed by atoms with Crippen LogP contribution >= 0.6 is 0 Å². The van der Waals surface area contributed by atoms with Gasteiger partial charge in [0.15, 0.2) is 0 Å². The molecule has 0 atom stereocenters. The Morgan fingerprint density at radius 1 is 1.16 bits per heavy atom. The van der Waals surface area contributed by atoms with Crippen molar-refractivity contribution in [2.45, 2.75) is 47.6 Å². The fourth-order valence-electron chi connectivity index (χ4n) is 1.34. The molecule has 0 spiro atoms.